The zero-order valence-corrected chi connectivity index (χ0v) is 10.9. The normalized spacial score (nSPS) is 13.9. The summed E-state index contributed by atoms with van der Waals surface area (Å²) in [5, 5.41) is 9.97. The molecule has 1 unspecified atom stereocenters. The van der Waals surface area contributed by atoms with Crippen LogP contribution in [0.4, 0.5) is 0 Å². The summed E-state index contributed by atoms with van der Waals surface area (Å²) in [6.07, 6.45) is -0.543. The molecular formula is C14H22O2. The van der Waals surface area contributed by atoms with Crippen LogP contribution in [0.5, 0.6) is 0 Å². The molecule has 0 aliphatic heterocycles. The Balaban J connectivity index is 2.66. The quantitative estimate of drug-likeness (QED) is 0.851. The van der Waals surface area contributed by atoms with E-state index in [2.05, 4.69) is 13.8 Å². The number of hydrogen-bond acceptors (Lipinski definition) is 2. The van der Waals surface area contributed by atoms with Gasteiger partial charge in [0.2, 0.25) is 0 Å². The van der Waals surface area contributed by atoms with Crippen molar-refractivity contribution in [3.05, 3.63) is 34.9 Å². The summed E-state index contributed by atoms with van der Waals surface area (Å²) >= 11 is 0. The zero-order chi connectivity index (χ0) is 12.3. The first kappa shape index (κ1) is 13.2. The third-order valence-corrected chi connectivity index (χ3v) is 2.59. The molecule has 16 heavy (non-hydrogen) atoms. The molecule has 1 atom stereocenters. The number of aryl methyl sites for hydroxylation is 2. The lowest BCUT2D eigenvalue weighted by atomic mass is 10.0. The van der Waals surface area contributed by atoms with Crippen molar-refractivity contribution in [1.29, 1.82) is 0 Å². The Morgan fingerprint density at radius 1 is 1.19 bits per heavy atom. The minimum Gasteiger partial charge on any atom is -0.386 e. The Morgan fingerprint density at radius 2 is 1.81 bits per heavy atom. The van der Waals surface area contributed by atoms with Crippen molar-refractivity contribution in [3.63, 3.8) is 0 Å². The first-order valence-electron chi connectivity index (χ1n) is 5.69. The summed E-state index contributed by atoms with van der Waals surface area (Å²) < 4.78 is 5.57. The highest BCUT2D eigenvalue weighted by Gasteiger charge is 2.15. The summed E-state index contributed by atoms with van der Waals surface area (Å²) in [6, 6.07) is 6.01. The SMILES string of the molecule is Cc1ccc(C(O)COC(C)(C)C)cc1C. The first-order valence-corrected chi connectivity index (χ1v) is 5.69. The molecule has 0 heterocycles. The predicted molar refractivity (Wildman–Crippen MR) is 66.6 cm³/mol. The molecule has 1 rings (SSSR count). The average Bonchev–Trinajstić information content (AvgIpc) is 2.17. The second kappa shape index (κ2) is 4.98. The number of aliphatic hydroxyl groups is 1. The van der Waals surface area contributed by atoms with Crippen LogP contribution in [-0.4, -0.2) is 17.3 Å². The molecular weight excluding hydrogens is 200 g/mol. The molecule has 1 aromatic rings. The highest BCUT2D eigenvalue weighted by molar-refractivity contribution is 5.31. The number of benzene rings is 1. The van der Waals surface area contributed by atoms with Crippen molar-refractivity contribution in [2.24, 2.45) is 0 Å². The molecule has 2 nitrogen and oxygen atoms in total. The van der Waals surface area contributed by atoms with Gasteiger partial charge >= 0.3 is 0 Å². The minimum absolute atomic E-state index is 0.208. The Hall–Kier alpha value is -0.860. The van der Waals surface area contributed by atoms with Gasteiger partial charge in [-0.2, -0.15) is 0 Å². The number of rotatable bonds is 3. The fraction of sp³-hybridized carbons (Fsp3) is 0.571. The van der Waals surface area contributed by atoms with Crippen LogP contribution in [0.3, 0.4) is 0 Å². The summed E-state index contributed by atoms with van der Waals surface area (Å²) in [5.41, 5.74) is 3.16. The van der Waals surface area contributed by atoms with Crippen LogP contribution in [-0.2, 0) is 4.74 Å². The molecule has 90 valence electrons. The minimum atomic E-state index is -0.543. The van der Waals surface area contributed by atoms with Gasteiger partial charge in [-0.15, -0.1) is 0 Å². The topological polar surface area (TPSA) is 29.5 Å². The molecule has 0 aliphatic rings. The smallest absolute Gasteiger partial charge is 0.102 e. The molecule has 0 aromatic heterocycles. The van der Waals surface area contributed by atoms with Crippen LogP contribution >= 0.6 is 0 Å². The maximum absolute atomic E-state index is 9.97. The van der Waals surface area contributed by atoms with E-state index in [1.54, 1.807) is 0 Å². The molecule has 2 heteroatoms. The maximum Gasteiger partial charge on any atom is 0.102 e. The van der Waals surface area contributed by atoms with Crippen LogP contribution in [0.2, 0.25) is 0 Å². The molecule has 0 bridgehead atoms. The van der Waals surface area contributed by atoms with Gasteiger partial charge in [-0.05, 0) is 51.3 Å². The fourth-order valence-electron chi connectivity index (χ4n) is 1.40. The van der Waals surface area contributed by atoms with Crippen LogP contribution in [0.1, 0.15) is 43.6 Å². The molecule has 0 radical (unpaired) electrons. The lowest BCUT2D eigenvalue weighted by Crippen LogP contribution is -2.22. The largest absolute Gasteiger partial charge is 0.386 e. The summed E-state index contributed by atoms with van der Waals surface area (Å²) in [5.74, 6) is 0. The predicted octanol–water partition coefficient (Wildman–Crippen LogP) is 3.15. The number of aliphatic hydroxyl groups excluding tert-OH is 1. The van der Waals surface area contributed by atoms with Crippen molar-refractivity contribution >= 4 is 0 Å². The van der Waals surface area contributed by atoms with Gasteiger partial charge in [0.25, 0.3) is 0 Å². The summed E-state index contributed by atoms with van der Waals surface area (Å²) in [6.45, 7) is 10.4. The van der Waals surface area contributed by atoms with Crippen molar-refractivity contribution in [3.8, 4) is 0 Å². The van der Waals surface area contributed by atoms with Gasteiger partial charge in [-0.3, -0.25) is 0 Å². The lowest BCUT2D eigenvalue weighted by Gasteiger charge is -2.22. The van der Waals surface area contributed by atoms with E-state index in [0.717, 1.165) is 5.56 Å². The van der Waals surface area contributed by atoms with Crippen molar-refractivity contribution < 1.29 is 9.84 Å². The molecule has 0 fully saturated rings. The van der Waals surface area contributed by atoms with Crippen molar-refractivity contribution in [2.75, 3.05) is 6.61 Å². The van der Waals surface area contributed by atoms with E-state index in [0.29, 0.717) is 6.61 Å². The average molecular weight is 222 g/mol. The highest BCUT2D eigenvalue weighted by atomic mass is 16.5. The number of ether oxygens (including phenoxy) is 1. The molecule has 0 aliphatic carbocycles. The Morgan fingerprint density at radius 3 is 2.31 bits per heavy atom. The van der Waals surface area contributed by atoms with E-state index in [-0.39, 0.29) is 5.60 Å². The van der Waals surface area contributed by atoms with E-state index < -0.39 is 6.10 Å². The maximum atomic E-state index is 9.97. The van der Waals surface area contributed by atoms with E-state index in [1.807, 2.05) is 39.0 Å². The standard InChI is InChI=1S/C14H22O2/c1-10-6-7-12(8-11(10)2)13(15)9-16-14(3,4)5/h6-8,13,15H,9H2,1-5H3. The van der Waals surface area contributed by atoms with Gasteiger partial charge in [0.15, 0.2) is 0 Å². The Kier molecular flexibility index (Phi) is 4.11. The van der Waals surface area contributed by atoms with Crippen LogP contribution in [0.25, 0.3) is 0 Å². The van der Waals surface area contributed by atoms with E-state index in [4.69, 9.17) is 4.74 Å². The first-order chi connectivity index (χ1) is 7.29. The second-order valence-corrected chi connectivity index (χ2v) is 5.28. The Labute approximate surface area is 98.3 Å². The van der Waals surface area contributed by atoms with Gasteiger partial charge in [-0.25, -0.2) is 0 Å². The molecule has 0 amide bonds. The fourth-order valence-corrected chi connectivity index (χ4v) is 1.40. The van der Waals surface area contributed by atoms with Gasteiger partial charge in [0, 0.05) is 0 Å². The molecule has 0 spiro atoms. The second-order valence-electron chi connectivity index (χ2n) is 5.28. The molecule has 0 saturated carbocycles. The van der Waals surface area contributed by atoms with Gasteiger partial charge < -0.3 is 9.84 Å². The third kappa shape index (κ3) is 3.95. The van der Waals surface area contributed by atoms with Gasteiger partial charge in [-0.1, -0.05) is 18.2 Å². The Bertz CT molecular complexity index is 350. The monoisotopic (exact) mass is 222 g/mol. The molecule has 0 saturated heterocycles. The van der Waals surface area contributed by atoms with Crippen LogP contribution in [0, 0.1) is 13.8 Å². The molecule has 1 N–H and O–H groups in total. The third-order valence-electron chi connectivity index (χ3n) is 2.59. The highest BCUT2D eigenvalue weighted by Crippen LogP contribution is 2.19. The molecule has 1 aromatic carbocycles. The van der Waals surface area contributed by atoms with E-state index in [1.165, 1.54) is 11.1 Å². The van der Waals surface area contributed by atoms with Crippen LogP contribution < -0.4 is 0 Å². The number of hydrogen-bond donors (Lipinski definition) is 1. The van der Waals surface area contributed by atoms with Gasteiger partial charge in [0.1, 0.15) is 6.10 Å². The van der Waals surface area contributed by atoms with Crippen LogP contribution in [0.15, 0.2) is 18.2 Å². The van der Waals surface area contributed by atoms with Gasteiger partial charge in [0.05, 0.1) is 12.2 Å². The summed E-state index contributed by atoms with van der Waals surface area (Å²) in [4.78, 5) is 0. The summed E-state index contributed by atoms with van der Waals surface area (Å²) in [7, 11) is 0. The lowest BCUT2D eigenvalue weighted by molar-refractivity contribution is -0.0496. The van der Waals surface area contributed by atoms with E-state index >= 15 is 0 Å². The zero-order valence-electron chi connectivity index (χ0n) is 10.9. The van der Waals surface area contributed by atoms with E-state index in [9.17, 15) is 5.11 Å². The van der Waals surface area contributed by atoms with Crippen molar-refractivity contribution in [1.82, 2.24) is 0 Å². The van der Waals surface area contributed by atoms with Crippen molar-refractivity contribution in [2.45, 2.75) is 46.3 Å².